The maximum atomic E-state index is 5.97. The molecule has 0 aliphatic rings. The number of para-hydroxylation sites is 1. The van der Waals surface area contributed by atoms with Gasteiger partial charge in [0.2, 0.25) is 0 Å². The lowest BCUT2D eigenvalue weighted by Gasteiger charge is -2.04. The van der Waals surface area contributed by atoms with E-state index in [-0.39, 0.29) is 0 Å². The van der Waals surface area contributed by atoms with E-state index in [1.807, 2.05) is 48.5 Å². The summed E-state index contributed by atoms with van der Waals surface area (Å²) in [5.41, 5.74) is 4.69. The third-order valence-electron chi connectivity index (χ3n) is 4.36. The fourth-order valence-electron chi connectivity index (χ4n) is 3.13. The molecule has 0 unspecified atom stereocenters. The van der Waals surface area contributed by atoms with Gasteiger partial charge in [-0.3, -0.25) is 0 Å². The molecule has 3 aromatic carbocycles. The summed E-state index contributed by atoms with van der Waals surface area (Å²) in [6, 6.07) is 26.3. The smallest absolute Gasteiger partial charge is 0.159 e. The average Bonchev–Trinajstić information content (AvgIpc) is 3.06. The van der Waals surface area contributed by atoms with E-state index in [0.29, 0.717) is 5.82 Å². The molecule has 2 aromatic heterocycles. The van der Waals surface area contributed by atoms with Crippen molar-refractivity contribution in [2.75, 3.05) is 0 Å². The normalized spacial score (nSPS) is 11.2. The van der Waals surface area contributed by atoms with Crippen molar-refractivity contribution < 1.29 is 4.42 Å². The van der Waals surface area contributed by atoms with Gasteiger partial charge in [0, 0.05) is 28.1 Å². The topological polar surface area (TPSA) is 38.9 Å². The summed E-state index contributed by atoms with van der Waals surface area (Å²) < 4.78 is 5.97. The molecule has 5 rings (SSSR count). The van der Waals surface area contributed by atoms with E-state index in [1.165, 1.54) is 0 Å². The van der Waals surface area contributed by atoms with E-state index < -0.39 is 0 Å². The van der Waals surface area contributed by atoms with Crippen molar-refractivity contribution in [1.82, 2.24) is 9.97 Å². The van der Waals surface area contributed by atoms with Crippen LogP contribution >= 0.6 is 0 Å². The van der Waals surface area contributed by atoms with Crippen molar-refractivity contribution in [3.63, 3.8) is 0 Å². The number of benzene rings is 3. The molecule has 0 saturated heterocycles. The molecule has 0 fully saturated rings. The number of aromatic nitrogens is 2. The van der Waals surface area contributed by atoms with Gasteiger partial charge < -0.3 is 4.42 Å². The molecule has 2 heterocycles. The standard InChI is InChI=1S/C22H14N2O/c1-2-6-15(7-3-1)19-12-13-23-22(24-19)16-10-11-18-17-8-4-5-9-20(17)25-21(18)14-16/h1-14H. The summed E-state index contributed by atoms with van der Waals surface area (Å²) in [4.78, 5) is 9.16. The monoisotopic (exact) mass is 322 g/mol. The highest BCUT2D eigenvalue weighted by Gasteiger charge is 2.10. The van der Waals surface area contributed by atoms with Gasteiger partial charge in [-0.2, -0.15) is 0 Å². The van der Waals surface area contributed by atoms with Crippen molar-refractivity contribution >= 4 is 21.9 Å². The lowest BCUT2D eigenvalue weighted by atomic mass is 10.1. The largest absolute Gasteiger partial charge is 0.456 e. The van der Waals surface area contributed by atoms with Crippen LogP contribution in [-0.4, -0.2) is 9.97 Å². The molecule has 3 nitrogen and oxygen atoms in total. The van der Waals surface area contributed by atoms with Crippen molar-refractivity contribution in [3.8, 4) is 22.6 Å². The Bertz CT molecular complexity index is 1190. The number of hydrogen-bond acceptors (Lipinski definition) is 3. The van der Waals surface area contributed by atoms with Gasteiger partial charge in [0.15, 0.2) is 5.82 Å². The number of rotatable bonds is 2. The maximum absolute atomic E-state index is 5.97. The molecule has 0 saturated carbocycles. The second-order valence-electron chi connectivity index (χ2n) is 5.94. The summed E-state index contributed by atoms with van der Waals surface area (Å²) >= 11 is 0. The summed E-state index contributed by atoms with van der Waals surface area (Å²) in [6.45, 7) is 0. The Morgan fingerprint density at radius 3 is 2.36 bits per heavy atom. The van der Waals surface area contributed by atoms with Crippen LogP contribution in [0.2, 0.25) is 0 Å². The fourth-order valence-corrected chi connectivity index (χ4v) is 3.13. The Hall–Kier alpha value is -3.46. The van der Waals surface area contributed by atoms with Crippen LogP contribution < -0.4 is 0 Å². The summed E-state index contributed by atoms with van der Waals surface area (Å²) in [7, 11) is 0. The van der Waals surface area contributed by atoms with E-state index in [1.54, 1.807) is 6.20 Å². The lowest BCUT2D eigenvalue weighted by Crippen LogP contribution is -1.91. The van der Waals surface area contributed by atoms with Crippen LogP contribution in [0.15, 0.2) is 89.5 Å². The quantitative estimate of drug-likeness (QED) is 0.418. The van der Waals surface area contributed by atoms with Crippen LogP contribution in [0, 0.1) is 0 Å². The van der Waals surface area contributed by atoms with Gasteiger partial charge in [-0.15, -0.1) is 0 Å². The van der Waals surface area contributed by atoms with Gasteiger partial charge >= 0.3 is 0 Å². The van der Waals surface area contributed by atoms with Crippen molar-refractivity contribution in [1.29, 1.82) is 0 Å². The van der Waals surface area contributed by atoms with Gasteiger partial charge in [-0.1, -0.05) is 54.6 Å². The Morgan fingerprint density at radius 1 is 0.640 bits per heavy atom. The minimum atomic E-state index is 0.698. The van der Waals surface area contributed by atoms with Gasteiger partial charge in [0.25, 0.3) is 0 Å². The van der Waals surface area contributed by atoms with Crippen molar-refractivity contribution in [2.45, 2.75) is 0 Å². The highest BCUT2D eigenvalue weighted by Crippen LogP contribution is 2.31. The van der Waals surface area contributed by atoms with E-state index in [2.05, 4.69) is 35.3 Å². The zero-order valence-electron chi connectivity index (χ0n) is 13.4. The van der Waals surface area contributed by atoms with Crippen LogP contribution in [0.25, 0.3) is 44.6 Å². The predicted molar refractivity (Wildman–Crippen MR) is 100 cm³/mol. The van der Waals surface area contributed by atoms with Gasteiger partial charge in [-0.05, 0) is 24.3 Å². The summed E-state index contributed by atoms with van der Waals surface area (Å²) in [5.74, 6) is 0.698. The van der Waals surface area contributed by atoms with Crippen LogP contribution in [0.5, 0.6) is 0 Å². The van der Waals surface area contributed by atoms with Crippen molar-refractivity contribution in [3.05, 3.63) is 85.1 Å². The maximum Gasteiger partial charge on any atom is 0.159 e. The minimum Gasteiger partial charge on any atom is -0.456 e. The SMILES string of the molecule is c1ccc(-c2ccnc(-c3ccc4c(c3)oc3ccccc34)n2)cc1. The molecular formula is C22H14N2O. The zero-order chi connectivity index (χ0) is 16.6. The first-order chi connectivity index (χ1) is 12.4. The number of fused-ring (bicyclic) bond motifs is 3. The molecule has 0 radical (unpaired) electrons. The number of nitrogens with zero attached hydrogens (tertiary/aromatic N) is 2. The highest BCUT2D eigenvalue weighted by molar-refractivity contribution is 6.05. The lowest BCUT2D eigenvalue weighted by molar-refractivity contribution is 0.669. The van der Waals surface area contributed by atoms with Gasteiger partial charge in [-0.25, -0.2) is 9.97 Å². The molecule has 0 amide bonds. The molecule has 0 aliphatic heterocycles. The Morgan fingerprint density at radius 2 is 1.44 bits per heavy atom. The fraction of sp³-hybridized carbons (Fsp3) is 0. The Balaban J connectivity index is 1.64. The third-order valence-corrected chi connectivity index (χ3v) is 4.36. The van der Waals surface area contributed by atoms with Gasteiger partial charge in [0.1, 0.15) is 11.2 Å². The molecule has 0 aliphatic carbocycles. The minimum absolute atomic E-state index is 0.698. The first-order valence-electron chi connectivity index (χ1n) is 8.19. The summed E-state index contributed by atoms with van der Waals surface area (Å²) in [5, 5.41) is 2.24. The first-order valence-corrected chi connectivity index (χ1v) is 8.19. The number of furan rings is 1. The first kappa shape index (κ1) is 13.9. The molecule has 5 aromatic rings. The third kappa shape index (κ3) is 2.37. The van der Waals surface area contributed by atoms with Crippen LogP contribution in [-0.2, 0) is 0 Å². The van der Waals surface area contributed by atoms with Gasteiger partial charge in [0.05, 0.1) is 5.69 Å². The second kappa shape index (κ2) is 5.56. The molecule has 25 heavy (non-hydrogen) atoms. The molecule has 0 bridgehead atoms. The van der Waals surface area contributed by atoms with Crippen molar-refractivity contribution in [2.24, 2.45) is 0 Å². The predicted octanol–water partition coefficient (Wildman–Crippen LogP) is 5.71. The average molecular weight is 322 g/mol. The number of hydrogen-bond donors (Lipinski definition) is 0. The molecule has 0 N–H and O–H groups in total. The Kier molecular flexibility index (Phi) is 3.10. The molecule has 0 atom stereocenters. The molecular weight excluding hydrogens is 308 g/mol. The molecule has 0 spiro atoms. The van der Waals surface area contributed by atoms with Crippen LogP contribution in [0.4, 0.5) is 0 Å². The summed E-state index contributed by atoms with van der Waals surface area (Å²) in [6.07, 6.45) is 1.80. The van der Waals surface area contributed by atoms with E-state index in [4.69, 9.17) is 9.40 Å². The molecule has 118 valence electrons. The molecule has 3 heteroatoms. The Labute approximate surface area is 144 Å². The van der Waals surface area contributed by atoms with E-state index in [0.717, 1.165) is 38.8 Å². The van der Waals surface area contributed by atoms with E-state index in [9.17, 15) is 0 Å². The van der Waals surface area contributed by atoms with Crippen LogP contribution in [0.3, 0.4) is 0 Å². The van der Waals surface area contributed by atoms with E-state index >= 15 is 0 Å². The second-order valence-corrected chi connectivity index (χ2v) is 5.94. The highest BCUT2D eigenvalue weighted by atomic mass is 16.3. The van der Waals surface area contributed by atoms with Crippen LogP contribution in [0.1, 0.15) is 0 Å². The zero-order valence-corrected chi connectivity index (χ0v) is 13.4.